The van der Waals surface area contributed by atoms with Gasteiger partial charge in [-0.3, -0.25) is 0 Å². The summed E-state index contributed by atoms with van der Waals surface area (Å²) in [5.41, 5.74) is 0. The number of hydrogen-bond donors (Lipinski definition) is 0. The van der Waals surface area contributed by atoms with Crippen LogP contribution in [0.15, 0.2) is 27.6 Å². The molecule has 0 unspecified atom stereocenters. The molecule has 0 N–H and O–H groups in total. The molecule has 0 radical (unpaired) electrons. The van der Waals surface area contributed by atoms with Gasteiger partial charge in [-0.2, -0.15) is 4.31 Å². The van der Waals surface area contributed by atoms with Gasteiger partial charge in [0.1, 0.15) is 4.90 Å². The molecule has 1 aromatic rings. The molecule has 1 aliphatic heterocycles. The molecule has 0 bridgehead atoms. The lowest BCUT2D eigenvalue weighted by Crippen LogP contribution is -2.49. The zero-order valence-corrected chi connectivity index (χ0v) is 14.9. The fourth-order valence-corrected chi connectivity index (χ4v) is 6.46. The highest BCUT2D eigenvalue weighted by atomic mass is 79.9. The maximum Gasteiger partial charge on any atom is 0.244 e. The third kappa shape index (κ3) is 3.03. The van der Waals surface area contributed by atoms with E-state index in [1.807, 2.05) is 0 Å². The molecule has 116 valence electrons. The summed E-state index contributed by atoms with van der Waals surface area (Å²) in [7, 11) is -3.50. The second-order valence-electron chi connectivity index (χ2n) is 5.94. The molecule has 1 heterocycles. The Bertz CT molecular complexity index is 633. The lowest BCUT2D eigenvalue weighted by atomic mass is 9.79. The van der Waals surface area contributed by atoms with Crippen molar-refractivity contribution in [2.45, 2.75) is 49.5 Å². The molecule has 1 aromatic carbocycles. The zero-order valence-electron chi connectivity index (χ0n) is 11.8. The summed E-state index contributed by atoms with van der Waals surface area (Å²) in [5, 5.41) is 0.294. The molecule has 1 aliphatic carbocycles. The van der Waals surface area contributed by atoms with Gasteiger partial charge in [-0.25, -0.2) is 8.42 Å². The Hall–Kier alpha value is -0.100. The van der Waals surface area contributed by atoms with Crippen molar-refractivity contribution >= 4 is 37.6 Å². The summed E-state index contributed by atoms with van der Waals surface area (Å²) in [6.07, 6.45) is 6.61. The van der Waals surface area contributed by atoms with Gasteiger partial charge in [0.25, 0.3) is 0 Å². The van der Waals surface area contributed by atoms with Gasteiger partial charge >= 0.3 is 0 Å². The van der Waals surface area contributed by atoms with Gasteiger partial charge in [-0.1, -0.05) is 40.4 Å². The van der Waals surface area contributed by atoms with Crippen molar-refractivity contribution in [3.05, 3.63) is 27.7 Å². The predicted octanol–water partition coefficient (Wildman–Crippen LogP) is 4.45. The van der Waals surface area contributed by atoms with Gasteiger partial charge < -0.3 is 0 Å². The van der Waals surface area contributed by atoms with Gasteiger partial charge in [0.15, 0.2) is 0 Å². The highest BCUT2D eigenvalue weighted by molar-refractivity contribution is 9.10. The number of halogens is 2. The Morgan fingerprint density at radius 3 is 2.62 bits per heavy atom. The first-order valence-corrected chi connectivity index (χ1v) is 10.1. The van der Waals surface area contributed by atoms with Crippen molar-refractivity contribution in [3.8, 4) is 0 Å². The molecule has 0 aromatic heterocycles. The van der Waals surface area contributed by atoms with E-state index in [1.165, 1.54) is 6.42 Å². The second kappa shape index (κ2) is 6.19. The van der Waals surface area contributed by atoms with Gasteiger partial charge in [-0.15, -0.1) is 0 Å². The highest BCUT2D eigenvalue weighted by Gasteiger charge is 2.40. The number of rotatable bonds is 2. The smallest absolute Gasteiger partial charge is 0.207 e. The average Bonchev–Trinajstić information content (AvgIpc) is 2.46. The Morgan fingerprint density at radius 2 is 1.86 bits per heavy atom. The molecule has 0 amide bonds. The van der Waals surface area contributed by atoms with E-state index in [4.69, 9.17) is 11.6 Å². The third-order valence-corrected chi connectivity index (χ3v) is 7.57. The van der Waals surface area contributed by atoms with Crippen LogP contribution in [0.3, 0.4) is 0 Å². The van der Waals surface area contributed by atoms with Crippen molar-refractivity contribution in [2.24, 2.45) is 5.92 Å². The molecule has 21 heavy (non-hydrogen) atoms. The zero-order chi connectivity index (χ0) is 15.0. The van der Waals surface area contributed by atoms with Gasteiger partial charge in [0.2, 0.25) is 10.0 Å². The van der Waals surface area contributed by atoms with Crippen LogP contribution >= 0.6 is 27.5 Å². The van der Waals surface area contributed by atoms with Crippen molar-refractivity contribution in [2.75, 3.05) is 6.54 Å². The van der Waals surface area contributed by atoms with Crippen molar-refractivity contribution < 1.29 is 8.42 Å². The van der Waals surface area contributed by atoms with E-state index in [0.717, 1.165) is 36.6 Å². The maximum atomic E-state index is 13.0. The number of hydrogen-bond acceptors (Lipinski definition) is 2. The molecule has 1 saturated heterocycles. The molecule has 2 fully saturated rings. The molecular weight excluding hydrogens is 374 g/mol. The van der Waals surface area contributed by atoms with Crippen LogP contribution in [0.2, 0.25) is 5.02 Å². The summed E-state index contributed by atoms with van der Waals surface area (Å²) < 4.78 is 28.5. The van der Waals surface area contributed by atoms with E-state index >= 15 is 0 Å². The summed E-state index contributed by atoms with van der Waals surface area (Å²) in [6, 6.07) is 5.16. The summed E-state index contributed by atoms with van der Waals surface area (Å²) >= 11 is 9.49. The van der Waals surface area contributed by atoms with Crippen LogP contribution in [0.25, 0.3) is 0 Å². The summed E-state index contributed by atoms with van der Waals surface area (Å²) in [4.78, 5) is 0.235. The summed E-state index contributed by atoms with van der Waals surface area (Å²) in [5.74, 6) is 0.525. The summed E-state index contributed by atoms with van der Waals surface area (Å²) in [6.45, 7) is 0.621. The Kier molecular flexibility index (Phi) is 4.65. The van der Waals surface area contributed by atoms with E-state index in [-0.39, 0.29) is 10.9 Å². The average molecular weight is 393 g/mol. The molecule has 2 atom stereocenters. The largest absolute Gasteiger partial charge is 0.244 e. The molecule has 3 nitrogen and oxygen atoms in total. The van der Waals surface area contributed by atoms with E-state index in [0.29, 0.717) is 17.5 Å². The molecular formula is C15H19BrClNO2S. The van der Waals surface area contributed by atoms with Gasteiger partial charge in [-0.05, 0) is 49.8 Å². The lowest BCUT2D eigenvalue weighted by Gasteiger charge is -2.43. The number of piperidine rings is 1. The molecule has 2 aliphatic rings. The topological polar surface area (TPSA) is 37.4 Å². The third-order valence-electron chi connectivity index (χ3n) is 4.67. The number of sulfonamides is 1. The Balaban J connectivity index is 1.96. The van der Waals surface area contributed by atoms with E-state index in [9.17, 15) is 8.42 Å². The lowest BCUT2D eigenvalue weighted by molar-refractivity contribution is 0.129. The normalized spacial score (nSPS) is 27.3. The van der Waals surface area contributed by atoms with E-state index in [1.54, 1.807) is 22.5 Å². The van der Waals surface area contributed by atoms with E-state index < -0.39 is 10.0 Å². The second-order valence-corrected chi connectivity index (χ2v) is 9.13. The fourth-order valence-electron chi connectivity index (χ4n) is 3.69. The first-order chi connectivity index (χ1) is 10.00. The minimum atomic E-state index is -3.50. The van der Waals surface area contributed by atoms with E-state index in [2.05, 4.69) is 15.9 Å². The highest BCUT2D eigenvalue weighted by Crippen LogP contribution is 2.39. The van der Waals surface area contributed by atoms with Crippen LogP contribution in [0.5, 0.6) is 0 Å². The van der Waals surface area contributed by atoms with Crippen LogP contribution < -0.4 is 0 Å². The SMILES string of the molecule is O=S(=O)(c1ccc(Br)cc1Cl)N1CCC[C@H]2CCCC[C@H]21. The van der Waals surface area contributed by atoms with Gasteiger partial charge in [0, 0.05) is 17.1 Å². The quantitative estimate of drug-likeness (QED) is 0.746. The standard InChI is InChI=1S/C15H19BrClNO2S/c16-12-7-8-15(13(17)10-12)21(19,20)18-9-3-5-11-4-1-2-6-14(11)18/h7-8,10-11,14H,1-6,9H2/t11-,14-/m1/s1. The van der Waals surface area contributed by atoms with Gasteiger partial charge in [0.05, 0.1) is 5.02 Å². The number of fused-ring (bicyclic) bond motifs is 1. The fraction of sp³-hybridized carbons (Fsp3) is 0.600. The van der Waals surface area contributed by atoms with Crippen molar-refractivity contribution in [1.82, 2.24) is 4.31 Å². The first kappa shape index (κ1) is 15.8. The number of benzene rings is 1. The molecule has 6 heteroatoms. The van der Waals surface area contributed by atoms with Crippen LogP contribution in [0.1, 0.15) is 38.5 Å². The minimum Gasteiger partial charge on any atom is -0.207 e. The number of nitrogens with zero attached hydrogens (tertiary/aromatic N) is 1. The Morgan fingerprint density at radius 1 is 1.14 bits per heavy atom. The Labute approximate surface area is 139 Å². The molecule has 3 rings (SSSR count). The van der Waals surface area contributed by atoms with Crippen molar-refractivity contribution in [1.29, 1.82) is 0 Å². The predicted molar refractivity (Wildman–Crippen MR) is 88.0 cm³/mol. The van der Waals surface area contributed by atoms with Crippen LogP contribution in [0, 0.1) is 5.92 Å². The monoisotopic (exact) mass is 391 g/mol. The molecule has 1 saturated carbocycles. The molecule has 0 spiro atoms. The van der Waals surface area contributed by atoms with Crippen molar-refractivity contribution in [3.63, 3.8) is 0 Å². The maximum absolute atomic E-state index is 13.0. The van der Waals surface area contributed by atoms with Crippen LogP contribution in [0.4, 0.5) is 0 Å². The first-order valence-electron chi connectivity index (χ1n) is 7.47. The minimum absolute atomic E-state index is 0.164. The van der Waals surface area contributed by atoms with Crippen LogP contribution in [-0.4, -0.2) is 25.3 Å². The van der Waals surface area contributed by atoms with Crippen LogP contribution in [-0.2, 0) is 10.0 Å².